The summed E-state index contributed by atoms with van der Waals surface area (Å²) >= 11 is 0. The molecule has 0 fully saturated rings. The number of aromatic nitrogens is 4. The second-order valence-corrected chi connectivity index (χ2v) is 15.1. The van der Waals surface area contributed by atoms with E-state index < -0.39 is 36.2 Å². The fourth-order valence-corrected chi connectivity index (χ4v) is 6.48. The molecule has 2 aromatic carbocycles. The number of ether oxygens (including phenoxy) is 2. The van der Waals surface area contributed by atoms with Crippen LogP contribution in [0.5, 0.6) is 0 Å². The van der Waals surface area contributed by atoms with Crippen molar-refractivity contribution < 1.29 is 28.7 Å². The summed E-state index contributed by atoms with van der Waals surface area (Å²) < 4.78 is 9.38. The average molecular weight is 743 g/mol. The highest BCUT2D eigenvalue weighted by molar-refractivity contribution is 5.88. The standard InChI is InChI=1S/C40H54N8O6/c1-19(2)31(47-33(21(5)6)37(49)53-39(41)51)35-43-17-29(45-35)26-13-11-25(12-14-26)27-15-16-28(24(10)23(27)9)30-18-44-36(46-30)32(20(3)4)48-34(22(7)8)38(50)54-40(42)52/h11-22,31-34,47-48H,1-10H3,(H2,41,51)(H2,42,52)(H,43,45)(H,44,46)/t31?,32?,33-,34-/m1/s1. The number of nitrogens with one attached hydrogen (secondary N) is 4. The number of esters is 2. The van der Waals surface area contributed by atoms with Gasteiger partial charge in [0.1, 0.15) is 23.7 Å². The second kappa shape index (κ2) is 17.7. The maximum atomic E-state index is 12.6. The highest BCUT2D eigenvalue weighted by Gasteiger charge is 2.32. The van der Waals surface area contributed by atoms with Gasteiger partial charge in [-0.25, -0.2) is 29.1 Å². The SMILES string of the molecule is Cc1c(-c2ccc(-c3cnc(C(N[C@@H](C(=O)OC(N)=O)C(C)C)C(C)C)[nH]3)cc2)ccc(-c2cnc(C(N[C@@H](C(=O)OC(N)=O)C(C)C)C(C)C)[nH]2)c1C. The number of hydrogen-bond donors (Lipinski definition) is 6. The molecule has 4 aromatic rings. The van der Waals surface area contributed by atoms with E-state index in [0.29, 0.717) is 11.6 Å². The lowest BCUT2D eigenvalue weighted by Crippen LogP contribution is -2.46. The molecule has 4 rings (SSSR count). The molecule has 0 saturated heterocycles. The number of hydrogen-bond acceptors (Lipinski definition) is 10. The predicted octanol–water partition coefficient (Wildman–Crippen LogP) is 6.62. The normalized spacial score (nSPS) is 14.0. The maximum absolute atomic E-state index is 12.6. The van der Waals surface area contributed by atoms with Crippen molar-refractivity contribution in [1.82, 2.24) is 30.6 Å². The summed E-state index contributed by atoms with van der Waals surface area (Å²) in [5, 5.41) is 6.64. The molecule has 2 unspecified atom stereocenters. The lowest BCUT2D eigenvalue weighted by atomic mass is 9.92. The van der Waals surface area contributed by atoms with Crippen LogP contribution in [-0.4, -0.2) is 56.1 Å². The highest BCUT2D eigenvalue weighted by Crippen LogP contribution is 2.34. The summed E-state index contributed by atoms with van der Waals surface area (Å²) in [5.41, 5.74) is 18.2. The van der Waals surface area contributed by atoms with Crippen LogP contribution in [-0.2, 0) is 19.1 Å². The van der Waals surface area contributed by atoms with Crippen LogP contribution in [0.3, 0.4) is 0 Å². The van der Waals surface area contributed by atoms with Gasteiger partial charge in [-0.2, -0.15) is 0 Å². The van der Waals surface area contributed by atoms with Crippen LogP contribution in [0.2, 0.25) is 0 Å². The van der Waals surface area contributed by atoms with Gasteiger partial charge < -0.3 is 30.9 Å². The Morgan fingerprint density at radius 3 is 1.39 bits per heavy atom. The van der Waals surface area contributed by atoms with Crippen LogP contribution in [0.25, 0.3) is 33.6 Å². The molecule has 54 heavy (non-hydrogen) atoms. The Morgan fingerprint density at radius 2 is 0.963 bits per heavy atom. The topological polar surface area (TPSA) is 220 Å². The Hall–Kier alpha value is -5.34. The van der Waals surface area contributed by atoms with Gasteiger partial charge in [0.25, 0.3) is 0 Å². The van der Waals surface area contributed by atoms with Crippen molar-refractivity contribution in [3.05, 3.63) is 71.6 Å². The largest absolute Gasteiger partial charge is 0.412 e. The third kappa shape index (κ3) is 9.79. The van der Waals surface area contributed by atoms with Crippen LogP contribution in [0.4, 0.5) is 9.59 Å². The minimum absolute atomic E-state index is 0.0546. The number of benzene rings is 2. The smallest absolute Gasteiger partial charge is 0.375 e. The van der Waals surface area contributed by atoms with Crippen molar-refractivity contribution in [2.24, 2.45) is 35.1 Å². The molecule has 0 aliphatic rings. The van der Waals surface area contributed by atoms with E-state index in [1.165, 1.54) is 0 Å². The van der Waals surface area contributed by atoms with Gasteiger partial charge in [0.15, 0.2) is 0 Å². The summed E-state index contributed by atoms with van der Waals surface area (Å²) in [6, 6.07) is 10.2. The first-order valence-corrected chi connectivity index (χ1v) is 18.2. The second-order valence-electron chi connectivity index (χ2n) is 15.1. The summed E-state index contributed by atoms with van der Waals surface area (Å²) in [6.45, 7) is 19.7. The number of carbonyl (C=O) groups excluding carboxylic acids is 4. The molecule has 0 bridgehead atoms. The van der Waals surface area contributed by atoms with Gasteiger partial charge in [-0.15, -0.1) is 0 Å². The van der Waals surface area contributed by atoms with E-state index in [1.807, 2.05) is 67.5 Å². The zero-order chi connectivity index (χ0) is 40.0. The number of rotatable bonds is 15. The number of primary amides is 2. The highest BCUT2D eigenvalue weighted by atomic mass is 16.6. The Labute approximate surface area is 316 Å². The van der Waals surface area contributed by atoms with Crippen LogP contribution in [0.1, 0.15) is 90.2 Å². The summed E-state index contributed by atoms with van der Waals surface area (Å²) in [7, 11) is 0. The van der Waals surface area contributed by atoms with Crippen molar-refractivity contribution in [3.8, 4) is 33.6 Å². The molecule has 290 valence electrons. The quantitative estimate of drug-likeness (QED) is 0.0565. The van der Waals surface area contributed by atoms with E-state index in [0.717, 1.165) is 44.8 Å². The van der Waals surface area contributed by atoms with Gasteiger partial charge >= 0.3 is 24.1 Å². The van der Waals surface area contributed by atoms with Gasteiger partial charge in [-0.1, -0.05) is 91.8 Å². The molecule has 0 aliphatic heterocycles. The number of amides is 2. The van der Waals surface area contributed by atoms with E-state index in [9.17, 15) is 19.2 Å². The Kier molecular flexibility index (Phi) is 13.5. The van der Waals surface area contributed by atoms with E-state index in [4.69, 9.17) is 16.2 Å². The maximum Gasteiger partial charge on any atom is 0.412 e. The van der Waals surface area contributed by atoms with Crippen LogP contribution >= 0.6 is 0 Å². The summed E-state index contributed by atoms with van der Waals surface area (Å²) in [4.78, 5) is 63.9. The molecular weight excluding hydrogens is 688 g/mol. The van der Waals surface area contributed by atoms with Crippen molar-refractivity contribution in [2.45, 2.75) is 93.4 Å². The van der Waals surface area contributed by atoms with Gasteiger partial charge in [-0.05, 0) is 65.3 Å². The predicted molar refractivity (Wildman–Crippen MR) is 207 cm³/mol. The van der Waals surface area contributed by atoms with E-state index >= 15 is 0 Å². The lowest BCUT2D eigenvalue weighted by molar-refractivity contribution is -0.142. The molecule has 0 saturated carbocycles. The van der Waals surface area contributed by atoms with Crippen molar-refractivity contribution in [3.63, 3.8) is 0 Å². The van der Waals surface area contributed by atoms with Crippen molar-refractivity contribution >= 4 is 24.1 Å². The third-order valence-corrected chi connectivity index (χ3v) is 9.66. The molecule has 2 aromatic heterocycles. The van der Waals surface area contributed by atoms with Crippen LogP contribution < -0.4 is 22.1 Å². The fourth-order valence-electron chi connectivity index (χ4n) is 6.48. The minimum Gasteiger partial charge on any atom is -0.375 e. The number of imidazole rings is 2. The van der Waals surface area contributed by atoms with Crippen molar-refractivity contribution in [1.29, 1.82) is 0 Å². The molecule has 0 aliphatic carbocycles. The molecule has 14 nitrogen and oxygen atoms in total. The van der Waals surface area contributed by atoms with Crippen LogP contribution in [0, 0.1) is 37.5 Å². The van der Waals surface area contributed by atoms with E-state index in [1.54, 1.807) is 12.4 Å². The molecule has 2 heterocycles. The molecule has 14 heteroatoms. The summed E-state index contributed by atoms with van der Waals surface area (Å²) in [6.07, 6.45) is 1.29. The van der Waals surface area contributed by atoms with Crippen LogP contribution in [0.15, 0.2) is 48.8 Å². The Bertz CT molecular complexity index is 1950. The number of aromatic amines is 2. The third-order valence-electron chi connectivity index (χ3n) is 9.66. The van der Waals surface area contributed by atoms with Crippen molar-refractivity contribution in [2.75, 3.05) is 0 Å². The lowest BCUT2D eigenvalue weighted by Gasteiger charge is -2.27. The minimum atomic E-state index is -1.14. The zero-order valence-corrected chi connectivity index (χ0v) is 32.7. The number of carbonyl (C=O) groups is 4. The monoisotopic (exact) mass is 742 g/mol. The zero-order valence-electron chi connectivity index (χ0n) is 32.7. The average Bonchev–Trinajstić information content (AvgIpc) is 3.76. The first-order chi connectivity index (χ1) is 25.4. The number of H-pyrrole nitrogens is 2. The molecule has 2 amide bonds. The first-order valence-electron chi connectivity index (χ1n) is 18.2. The van der Waals surface area contributed by atoms with Gasteiger partial charge in [0.2, 0.25) is 0 Å². The number of nitrogens with zero attached hydrogens (tertiary/aromatic N) is 2. The molecular formula is C40H54N8O6. The van der Waals surface area contributed by atoms with E-state index in [-0.39, 0.29) is 35.8 Å². The fraction of sp³-hybridized carbons (Fsp3) is 0.450. The molecule has 8 N–H and O–H groups in total. The molecule has 0 radical (unpaired) electrons. The Morgan fingerprint density at radius 1 is 0.574 bits per heavy atom. The van der Waals surface area contributed by atoms with Gasteiger partial charge in [0, 0.05) is 5.56 Å². The molecule has 4 atom stereocenters. The summed E-state index contributed by atoms with van der Waals surface area (Å²) in [5.74, 6) is -0.342. The Balaban J connectivity index is 1.54. The first kappa shape index (κ1) is 41.4. The molecule has 0 spiro atoms. The number of nitrogens with two attached hydrogens (primary N) is 2. The van der Waals surface area contributed by atoms with Gasteiger partial charge in [0.05, 0.1) is 35.9 Å². The van der Waals surface area contributed by atoms with Gasteiger partial charge in [-0.3, -0.25) is 10.6 Å². The van der Waals surface area contributed by atoms with E-state index in [2.05, 4.69) is 73.4 Å².